The molecule has 0 aliphatic carbocycles. The molecule has 13 heavy (non-hydrogen) atoms. The largest absolute Gasteiger partial charge is 0.372 e. The third-order valence-electron chi connectivity index (χ3n) is 2.18. The molecule has 0 aromatic carbocycles. The van der Waals surface area contributed by atoms with E-state index in [0.29, 0.717) is 6.54 Å². The number of rotatable bonds is 5. The van der Waals surface area contributed by atoms with Crippen molar-refractivity contribution in [1.82, 2.24) is 14.5 Å². The molecule has 0 bridgehead atoms. The van der Waals surface area contributed by atoms with E-state index in [2.05, 4.69) is 23.7 Å². The first kappa shape index (κ1) is 10.2. The van der Waals surface area contributed by atoms with Crippen LogP contribution in [0.2, 0.25) is 0 Å². The summed E-state index contributed by atoms with van der Waals surface area (Å²) >= 11 is 0. The summed E-state index contributed by atoms with van der Waals surface area (Å²) in [5, 5.41) is 9.72. The Kier molecular flexibility index (Phi) is 3.92. The lowest BCUT2D eigenvalue weighted by Crippen LogP contribution is -2.30. The van der Waals surface area contributed by atoms with Gasteiger partial charge in [0.2, 0.25) is 0 Å². The third kappa shape index (κ3) is 2.82. The van der Waals surface area contributed by atoms with Crippen LogP contribution in [-0.4, -0.2) is 39.2 Å². The molecule has 1 aromatic heterocycles. The highest BCUT2D eigenvalue weighted by molar-refractivity contribution is 4.77. The van der Waals surface area contributed by atoms with Crippen LogP contribution < -0.4 is 0 Å². The average molecular weight is 183 g/mol. The molecule has 0 aliphatic heterocycles. The number of aliphatic hydroxyl groups excluding tert-OH is 1. The summed E-state index contributed by atoms with van der Waals surface area (Å²) in [6.07, 6.45) is 4.59. The Morgan fingerprint density at radius 2 is 2.15 bits per heavy atom. The van der Waals surface area contributed by atoms with Crippen molar-refractivity contribution in [3.63, 3.8) is 0 Å². The van der Waals surface area contributed by atoms with Crippen LogP contribution in [0.15, 0.2) is 18.7 Å². The first-order valence-corrected chi connectivity index (χ1v) is 4.65. The molecule has 0 fully saturated rings. The summed E-state index contributed by atoms with van der Waals surface area (Å²) in [6, 6.07) is 0. The minimum Gasteiger partial charge on any atom is -0.372 e. The molecule has 1 N–H and O–H groups in total. The predicted molar refractivity (Wildman–Crippen MR) is 51.3 cm³/mol. The summed E-state index contributed by atoms with van der Waals surface area (Å²) in [7, 11) is 0. The molecule has 0 saturated carbocycles. The van der Waals surface area contributed by atoms with Gasteiger partial charge in [-0.1, -0.05) is 13.8 Å². The molecule has 1 rings (SSSR count). The van der Waals surface area contributed by atoms with Gasteiger partial charge in [-0.05, 0) is 13.1 Å². The SMILES string of the molecule is CCN(CC)CC(O)n1ccnc1. The van der Waals surface area contributed by atoms with Crippen LogP contribution in [0, 0.1) is 0 Å². The van der Waals surface area contributed by atoms with Crippen molar-refractivity contribution in [2.24, 2.45) is 0 Å². The predicted octanol–water partition coefficient (Wildman–Crippen LogP) is 0.716. The first-order valence-electron chi connectivity index (χ1n) is 4.65. The minimum atomic E-state index is -0.484. The van der Waals surface area contributed by atoms with Gasteiger partial charge in [-0.25, -0.2) is 4.98 Å². The number of likely N-dealkylation sites (N-methyl/N-ethyl adjacent to an activating group) is 1. The van der Waals surface area contributed by atoms with Crippen LogP contribution in [0.25, 0.3) is 0 Å². The van der Waals surface area contributed by atoms with Gasteiger partial charge in [-0.3, -0.25) is 4.90 Å². The summed E-state index contributed by atoms with van der Waals surface area (Å²) in [5.41, 5.74) is 0. The lowest BCUT2D eigenvalue weighted by Gasteiger charge is -2.22. The Bertz CT molecular complexity index is 219. The Morgan fingerprint density at radius 3 is 2.62 bits per heavy atom. The van der Waals surface area contributed by atoms with Crippen LogP contribution in [0.1, 0.15) is 20.1 Å². The van der Waals surface area contributed by atoms with Crippen molar-refractivity contribution in [2.75, 3.05) is 19.6 Å². The first-order chi connectivity index (χ1) is 6.27. The monoisotopic (exact) mass is 183 g/mol. The van der Waals surface area contributed by atoms with E-state index in [1.54, 1.807) is 23.3 Å². The molecule has 1 aromatic rings. The molecule has 1 unspecified atom stereocenters. The van der Waals surface area contributed by atoms with Crippen LogP contribution in [-0.2, 0) is 0 Å². The highest BCUT2D eigenvalue weighted by Crippen LogP contribution is 2.03. The van der Waals surface area contributed by atoms with Crippen molar-refractivity contribution in [3.05, 3.63) is 18.7 Å². The molecule has 0 amide bonds. The van der Waals surface area contributed by atoms with E-state index in [9.17, 15) is 5.11 Å². The van der Waals surface area contributed by atoms with Crippen molar-refractivity contribution in [1.29, 1.82) is 0 Å². The number of aromatic nitrogens is 2. The van der Waals surface area contributed by atoms with Gasteiger partial charge in [-0.15, -0.1) is 0 Å². The van der Waals surface area contributed by atoms with Gasteiger partial charge in [0, 0.05) is 18.9 Å². The van der Waals surface area contributed by atoms with E-state index in [1.165, 1.54) is 0 Å². The summed E-state index contributed by atoms with van der Waals surface area (Å²) in [6.45, 7) is 6.75. The zero-order valence-electron chi connectivity index (χ0n) is 8.22. The topological polar surface area (TPSA) is 41.3 Å². The van der Waals surface area contributed by atoms with E-state index < -0.39 is 6.23 Å². The summed E-state index contributed by atoms with van der Waals surface area (Å²) in [4.78, 5) is 6.06. The van der Waals surface area contributed by atoms with Gasteiger partial charge in [-0.2, -0.15) is 0 Å². The third-order valence-corrected chi connectivity index (χ3v) is 2.18. The molecule has 1 heterocycles. The van der Waals surface area contributed by atoms with E-state index in [-0.39, 0.29) is 0 Å². The van der Waals surface area contributed by atoms with Crippen molar-refractivity contribution in [3.8, 4) is 0 Å². The smallest absolute Gasteiger partial charge is 0.144 e. The Labute approximate surface area is 78.8 Å². The van der Waals surface area contributed by atoms with Crippen molar-refractivity contribution in [2.45, 2.75) is 20.1 Å². The van der Waals surface area contributed by atoms with Crippen molar-refractivity contribution < 1.29 is 5.11 Å². The van der Waals surface area contributed by atoms with Crippen LogP contribution in [0.4, 0.5) is 0 Å². The average Bonchev–Trinajstić information content (AvgIpc) is 2.66. The van der Waals surface area contributed by atoms with Gasteiger partial charge in [0.1, 0.15) is 6.23 Å². The van der Waals surface area contributed by atoms with E-state index >= 15 is 0 Å². The Balaban J connectivity index is 2.45. The fourth-order valence-corrected chi connectivity index (χ4v) is 1.25. The van der Waals surface area contributed by atoms with Crippen molar-refractivity contribution >= 4 is 0 Å². The molecule has 1 atom stereocenters. The van der Waals surface area contributed by atoms with Gasteiger partial charge >= 0.3 is 0 Å². The van der Waals surface area contributed by atoms with Gasteiger partial charge in [0.15, 0.2) is 0 Å². The van der Waals surface area contributed by atoms with Gasteiger partial charge < -0.3 is 9.67 Å². The fourth-order valence-electron chi connectivity index (χ4n) is 1.25. The maximum Gasteiger partial charge on any atom is 0.144 e. The number of hydrogen-bond acceptors (Lipinski definition) is 3. The standard InChI is InChI=1S/C9H17N3O/c1-3-11(4-2)7-9(13)12-6-5-10-8-12/h5-6,8-9,13H,3-4,7H2,1-2H3. The van der Waals surface area contributed by atoms with Crippen LogP contribution >= 0.6 is 0 Å². The number of nitrogens with zero attached hydrogens (tertiary/aromatic N) is 3. The molecule has 0 spiro atoms. The van der Waals surface area contributed by atoms with Gasteiger partial charge in [0.25, 0.3) is 0 Å². The second kappa shape index (κ2) is 4.99. The quantitative estimate of drug-likeness (QED) is 0.731. The zero-order valence-corrected chi connectivity index (χ0v) is 8.22. The second-order valence-corrected chi connectivity index (χ2v) is 2.98. The second-order valence-electron chi connectivity index (χ2n) is 2.98. The van der Waals surface area contributed by atoms with Crippen LogP contribution in [0.3, 0.4) is 0 Å². The lowest BCUT2D eigenvalue weighted by atomic mass is 10.4. The summed E-state index contributed by atoms with van der Waals surface area (Å²) < 4.78 is 1.71. The maximum absolute atomic E-state index is 9.72. The molecule has 4 nitrogen and oxygen atoms in total. The molecule has 4 heteroatoms. The molecular formula is C9H17N3O. The highest BCUT2D eigenvalue weighted by atomic mass is 16.3. The molecule has 0 aliphatic rings. The van der Waals surface area contributed by atoms with Gasteiger partial charge in [0.05, 0.1) is 6.33 Å². The number of imidazole rings is 1. The normalized spacial score (nSPS) is 13.5. The number of aliphatic hydroxyl groups is 1. The molecule has 0 saturated heterocycles. The molecule has 74 valence electrons. The Morgan fingerprint density at radius 1 is 1.46 bits per heavy atom. The molecular weight excluding hydrogens is 166 g/mol. The maximum atomic E-state index is 9.72. The number of hydrogen-bond donors (Lipinski definition) is 1. The molecule has 0 radical (unpaired) electrons. The fraction of sp³-hybridized carbons (Fsp3) is 0.667. The minimum absolute atomic E-state index is 0.484. The summed E-state index contributed by atoms with van der Waals surface area (Å²) in [5.74, 6) is 0. The Hall–Kier alpha value is -0.870. The van der Waals surface area contributed by atoms with Crippen LogP contribution in [0.5, 0.6) is 0 Å². The van der Waals surface area contributed by atoms with E-state index in [4.69, 9.17) is 0 Å². The highest BCUT2D eigenvalue weighted by Gasteiger charge is 2.09. The zero-order chi connectivity index (χ0) is 9.68. The van der Waals surface area contributed by atoms with E-state index in [1.807, 2.05) is 0 Å². The van der Waals surface area contributed by atoms with E-state index in [0.717, 1.165) is 13.1 Å². The lowest BCUT2D eigenvalue weighted by molar-refractivity contribution is 0.0604.